The Morgan fingerprint density at radius 3 is 2.47 bits per heavy atom. The van der Waals surface area contributed by atoms with E-state index in [-0.39, 0.29) is 0 Å². The molecule has 1 aliphatic rings. The van der Waals surface area contributed by atoms with Gasteiger partial charge in [-0.1, -0.05) is 34.1 Å². The second-order valence-electron chi connectivity index (χ2n) is 5.53. The van der Waals surface area contributed by atoms with E-state index in [1.165, 1.54) is 32.1 Å². The van der Waals surface area contributed by atoms with Crippen molar-refractivity contribution in [1.82, 2.24) is 5.32 Å². The van der Waals surface area contributed by atoms with Crippen LogP contribution in [0, 0.1) is 17.8 Å². The van der Waals surface area contributed by atoms with Gasteiger partial charge in [-0.2, -0.15) is 0 Å². The molecular weight excluding hydrogens is 182 g/mol. The Bertz CT molecular complexity index is 165. The van der Waals surface area contributed by atoms with Crippen molar-refractivity contribution in [3.05, 3.63) is 0 Å². The van der Waals surface area contributed by atoms with E-state index in [9.17, 15) is 0 Å². The molecule has 1 nitrogen and oxygen atoms in total. The third-order valence-electron chi connectivity index (χ3n) is 4.09. The van der Waals surface area contributed by atoms with E-state index < -0.39 is 0 Å². The predicted molar refractivity (Wildman–Crippen MR) is 68.0 cm³/mol. The quantitative estimate of drug-likeness (QED) is 0.728. The molecule has 15 heavy (non-hydrogen) atoms. The fourth-order valence-corrected chi connectivity index (χ4v) is 3.13. The van der Waals surface area contributed by atoms with Crippen molar-refractivity contribution in [3.63, 3.8) is 0 Å². The summed E-state index contributed by atoms with van der Waals surface area (Å²) in [7, 11) is 0. The first-order valence-electron chi connectivity index (χ1n) is 6.92. The molecular formula is C14H29N. The van der Waals surface area contributed by atoms with E-state index >= 15 is 0 Å². The molecule has 1 rings (SSSR count). The summed E-state index contributed by atoms with van der Waals surface area (Å²) in [6.07, 6.45) is 7.07. The highest BCUT2D eigenvalue weighted by atomic mass is 14.9. The van der Waals surface area contributed by atoms with Crippen LogP contribution in [0.1, 0.15) is 59.8 Å². The zero-order valence-electron chi connectivity index (χ0n) is 11.1. The molecule has 0 spiro atoms. The predicted octanol–water partition coefficient (Wildman–Crippen LogP) is 3.84. The van der Waals surface area contributed by atoms with Crippen LogP contribution >= 0.6 is 0 Å². The smallest absolute Gasteiger partial charge is 0.00954 e. The average molecular weight is 211 g/mol. The van der Waals surface area contributed by atoms with E-state index in [4.69, 9.17) is 0 Å². The zero-order chi connectivity index (χ0) is 11.3. The Balaban J connectivity index is 2.48. The van der Waals surface area contributed by atoms with Gasteiger partial charge in [0.25, 0.3) is 0 Å². The van der Waals surface area contributed by atoms with Gasteiger partial charge in [-0.05, 0) is 50.0 Å². The number of nitrogens with one attached hydrogen (secondary N) is 1. The number of rotatable bonds is 5. The molecule has 1 aliphatic carbocycles. The molecule has 90 valence electrons. The van der Waals surface area contributed by atoms with Gasteiger partial charge < -0.3 is 5.32 Å². The number of hydrogen-bond donors (Lipinski definition) is 1. The molecule has 3 unspecified atom stereocenters. The highest BCUT2D eigenvalue weighted by molar-refractivity contribution is 4.85. The zero-order valence-corrected chi connectivity index (χ0v) is 11.1. The van der Waals surface area contributed by atoms with Crippen molar-refractivity contribution in [2.24, 2.45) is 17.8 Å². The largest absolute Gasteiger partial charge is 0.314 e. The van der Waals surface area contributed by atoms with E-state index in [1.54, 1.807) is 0 Å². The fourth-order valence-electron chi connectivity index (χ4n) is 3.13. The molecule has 0 aliphatic heterocycles. The van der Waals surface area contributed by atoms with Crippen LogP contribution in [0.3, 0.4) is 0 Å². The molecule has 3 atom stereocenters. The molecule has 0 aromatic carbocycles. The summed E-state index contributed by atoms with van der Waals surface area (Å²) in [6.45, 7) is 10.5. The lowest BCUT2D eigenvalue weighted by molar-refractivity contribution is 0.161. The van der Waals surface area contributed by atoms with Gasteiger partial charge in [0.1, 0.15) is 0 Å². The van der Waals surface area contributed by atoms with Crippen LogP contribution in [0.2, 0.25) is 0 Å². The summed E-state index contributed by atoms with van der Waals surface area (Å²) in [5.74, 6) is 2.81. The summed E-state index contributed by atoms with van der Waals surface area (Å²) in [4.78, 5) is 0. The maximum Gasteiger partial charge on any atom is 0.00954 e. The van der Waals surface area contributed by atoms with Crippen molar-refractivity contribution >= 4 is 0 Å². The standard InChI is InChI=1S/C14H29N/c1-5-7-13-10-12(11(3)4)8-9-14(13)15-6-2/h11-15H,5-10H2,1-4H3. The van der Waals surface area contributed by atoms with E-state index in [1.807, 2.05) is 0 Å². The summed E-state index contributed by atoms with van der Waals surface area (Å²) in [6, 6.07) is 0.810. The van der Waals surface area contributed by atoms with Gasteiger partial charge in [-0.25, -0.2) is 0 Å². The van der Waals surface area contributed by atoms with Crippen LogP contribution < -0.4 is 5.32 Å². The lowest BCUT2D eigenvalue weighted by Gasteiger charge is -2.38. The molecule has 1 heteroatoms. The maximum absolute atomic E-state index is 3.68. The topological polar surface area (TPSA) is 12.0 Å². The molecule has 0 saturated heterocycles. The van der Waals surface area contributed by atoms with Crippen LogP contribution in [-0.4, -0.2) is 12.6 Å². The second-order valence-corrected chi connectivity index (χ2v) is 5.53. The molecule has 0 aromatic heterocycles. The lowest BCUT2D eigenvalue weighted by Crippen LogP contribution is -2.41. The molecule has 0 heterocycles. The summed E-state index contributed by atoms with van der Waals surface area (Å²) < 4.78 is 0. The minimum atomic E-state index is 0.810. The van der Waals surface area contributed by atoms with Crippen LogP contribution in [0.25, 0.3) is 0 Å². The minimum Gasteiger partial charge on any atom is -0.314 e. The van der Waals surface area contributed by atoms with Gasteiger partial charge in [0.2, 0.25) is 0 Å². The van der Waals surface area contributed by atoms with Gasteiger partial charge in [-0.3, -0.25) is 0 Å². The minimum absolute atomic E-state index is 0.810. The van der Waals surface area contributed by atoms with Crippen molar-refractivity contribution in [3.8, 4) is 0 Å². The molecule has 1 saturated carbocycles. The Labute approximate surface area is 96.0 Å². The third-order valence-corrected chi connectivity index (χ3v) is 4.09. The van der Waals surface area contributed by atoms with Crippen LogP contribution in [-0.2, 0) is 0 Å². The second kappa shape index (κ2) is 6.52. The normalized spacial score (nSPS) is 32.2. The highest BCUT2D eigenvalue weighted by Gasteiger charge is 2.30. The van der Waals surface area contributed by atoms with Gasteiger partial charge in [0.15, 0.2) is 0 Å². The molecule has 0 bridgehead atoms. The number of hydrogen-bond acceptors (Lipinski definition) is 1. The van der Waals surface area contributed by atoms with Crippen molar-refractivity contribution in [2.45, 2.75) is 65.8 Å². The average Bonchev–Trinajstić information content (AvgIpc) is 2.21. The maximum atomic E-state index is 3.68. The molecule has 0 radical (unpaired) electrons. The van der Waals surface area contributed by atoms with Gasteiger partial charge in [0.05, 0.1) is 0 Å². The van der Waals surface area contributed by atoms with Crippen molar-refractivity contribution in [2.75, 3.05) is 6.54 Å². The first kappa shape index (κ1) is 13.0. The van der Waals surface area contributed by atoms with Gasteiger partial charge in [0, 0.05) is 6.04 Å². The first-order chi connectivity index (χ1) is 7.19. The Morgan fingerprint density at radius 1 is 1.20 bits per heavy atom. The summed E-state index contributed by atoms with van der Waals surface area (Å²) in [5, 5.41) is 3.68. The highest BCUT2D eigenvalue weighted by Crippen LogP contribution is 2.35. The van der Waals surface area contributed by atoms with E-state index in [0.29, 0.717) is 0 Å². The van der Waals surface area contributed by atoms with Crippen LogP contribution in [0.4, 0.5) is 0 Å². The molecule has 0 aromatic rings. The van der Waals surface area contributed by atoms with E-state index in [0.717, 1.165) is 30.3 Å². The molecule has 1 N–H and O–H groups in total. The lowest BCUT2D eigenvalue weighted by atomic mass is 9.72. The first-order valence-corrected chi connectivity index (χ1v) is 6.92. The van der Waals surface area contributed by atoms with Crippen molar-refractivity contribution in [1.29, 1.82) is 0 Å². The Morgan fingerprint density at radius 2 is 1.93 bits per heavy atom. The molecule has 1 fully saturated rings. The summed E-state index contributed by atoms with van der Waals surface area (Å²) in [5.41, 5.74) is 0. The SMILES string of the molecule is CCCC1CC(C(C)C)CCC1NCC. The fraction of sp³-hybridized carbons (Fsp3) is 1.00. The molecule has 0 amide bonds. The third kappa shape index (κ3) is 3.79. The summed E-state index contributed by atoms with van der Waals surface area (Å²) >= 11 is 0. The Kier molecular flexibility index (Phi) is 5.66. The monoisotopic (exact) mass is 211 g/mol. The van der Waals surface area contributed by atoms with Gasteiger partial charge >= 0.3 is 0 Å². The Hall–Kier alpha value is -0.0400. The van der Waals surface area contributed by atoms with Crippen LogP contribution in [0.5, 0.6) is 0 Å². The van der Waals surface area contributed by atoms with E-state index in [2.05, 4.69) is 33.0 Å². The van der Waals surface area contributed by atoms with Crippen molar-refractivity contribution < 1.29 is 0 Å². The van der Waals surface area contributed by atoms with Crippen LogP contribution in [0.15, 0.2) is 0 Å². The van der Waals surface area contributed by atoms with Gasteiger partial charge in [-0.15, -0.1) is 0 Å².